The normalized spacial score (nSPS) is 33.3. The second-order valence-electron chi connectivity index (χ2n) is 7.96. The summed E-state index contributed by atoms with van der Waals surface area (Å²) in [6.07, 6.45) is -1.49. The minimum absolute atomic E-state index is 0.281. The molecule has 0 unspecified atom stereocenters. The van der Waals surface area contributed by atoms with E-state index in [2.05, 4.69) is 42.3 Å². The van der Waals surface area contributed by atoms with E-state index in [9.17, 15) is 5.11 Å². The lowest BCUT2D eigenvalue weighted by atomic mass is 9.90. The number of rotatable bonds is 4. The van der Waals surface area contributed by atoms with Gasteiger partial charge in [-0.3, -0.25) is 4.90 Å². The summed E-state index contributed by atoms with van der Waals surface area (Å²) in [5, 5.41) is 10.9. The van der Waals surface area contributed by atoms with Crippen LogP contribution in [-0.2, 0) is 27.3 Å². The van der Waals surface area contributed by atoms with Crippen LogP contribution >= 0.6 is 0 Å². The van der Waals surface area contributed by atoms with E-state index in [-0.39, 0.29) is 12.0 Å². The molecule has 1 N–H and O–H groups in total. The molecule has 2 fully saturated rings. The van der Waals surface area contributed by atoms with Gasteiger partial charge in [0.05, 0.1) is 18.3 Å². The van der Waals surface area contributed by atoms with Crippen molar-refractivity contribution in [1.82, 2.24) is 4.90 Å². The number of ether oxygens (including phenoxy) is 3. The van der Waals surface area contributed by atoms with Gasteiger partial charge in [0.2, 0.25) is 0 Å². The van der Waals surface area contributed by atoms with Gasteiger partial charge >= 0.3 is 0 Å². The van der Waals surface area contributed by atoms with Crippen LogP contribution < -0.4 is 0 Å². The Morgan fingerprint density at radius 3 is 2.50 bits per heavy atom. The Kier molecular flexibility index (Phi) is 4.43. The number of nitrogens with zero attached hydrogens (tertiary/aromatic N) is 1. The van der Waals surface area contributed by atoms with Crippen LogP contribution in [-0.4, -0.2) is 47.3 Å². The van der Waals surface area contributed by atoms with Crippen LogP contribution in [0.5, 0.6) is 0 Å². The first-order valence-corrected chi connectivity index (χ1v) is 9.16. The molecule has 0 amide bonds. The van der Waals surface area contributed by atoms with E-state index in [4.69, 9.17) is 14.2 Å². The SMILES string of the molecule is C=C(CN1Cc2ccccc2C1)[C@H]1C(=C)O[C@H]([C@H]2COC(C)(C)O2)[C@@H]1O. The lowest BCUT2D eigenvalue weighted by Crippen LogP contribution is -2.40. The maximum absolute atomic E-state index is 10.9. The zero-order valence-electron chi connectivity index (χ0n) is 15.5. The first-order valence-electron chi connectivity index (χ1n) is 9.16. The first-order chi connectivity index (χ1) is 12.3. The van der Waals surface area contributed by atoms with Crippen molar-refractivity contribution in [3.05, 3.63) is 59.9 Å². The Bertz CT molecular complexity index is 703. The number of hydrogen-bond donors (Lipinski definition) is 1. The lowest BCUT2D eigenvalue weighted by molar-refractivity contribution is -0.156. The van der Waals surface area contributed by atoms with Crippen molar-refractivity contribution in [3.8, 4) is 0 Å². The summed E-state index contributed by atoms with van der Waals surface area (Å²) in [6.45, 7) is 14.9. The van der Waals surface area contributed by atoms with Gasteiger partial charge in [-0.1, -0.05) is 43.0 Å². The molecule has 1 aromatic rings. The van der Waals surface area contributed by atoms with Crippen molar-refractivity contribution >= 4 is 0 Å². The molecule has 0 aromatic heterocycles. The number of benzene rings is 1. The predicted molar refractivity (Wildman–Crippen MR) is 98.1 cm³/mol. The van der Waals surface area contributed by atoms with Gasteiger partial charge in [-0.2, -0.15) is 0 Å². The monoisotopic (exact) mass is 357 g/mol. The van der Waals surface area contributed by atoms with E-state index < -0.39 is 18.0 Å². The van der Waals surface area contributed by atoms with Crippen LogP contribution in [0.4, 0.5) is 0 Å². The third-order valence-corrected chi connectivity index (χ3v) is 5.48. The molecule has 1 aromatic carbocycles. The fourth-order valence-corrected chi connectivity index (χ4v) is 4.24. The molecule has 0 bridgehead atoms. The Morgan fingerprint density at radius 2 is 1.92 bits per heavy atom. The molecule has 0 aliphatic carbocycles. The Hall–Kier alpha value is -1.66. The number of hydrogen-bond acceptors (Lipinski definition) is 5. The van der Waals surface area contributed by atoms with Gasteiger partial charge in [-0.15, -0.1) is 0 Å². The van der Waals surface area contributed by atoms with Gasteiger partial charge in [0, 0.05) is 19.6 Å². The van der Waals surface area contributed by atoms with Crippen LogP contribution in [0, 0.1) is 5.92 Å². The summed E-state index contributed by atoms with van der Waals surface area (Å²) in [4.78, 5) is 2.33. The van der Waals surface area contributed by atoms with Gasteiger partial charge in [-0.25, -0.2) is 0 Å². The van der Waals surface area contributed by atoms with E-state index in [0.29, 0.717) is 18.9 Å². The minimum atomic E-state index is -0.720. The molecule has 140 valence electrons. The van der Waals surface area contributed by atoms with Crippen molar-refractivity contribution in [1.29, 1.82) is 0 Å². The highest BCUT2D eigenvalue weighted by Crippen LogP contribution is 2.39. The molecule has 0 saturated carbocycles. The fraction of sp³-hybridized carbons (Fsp3) is 0.524. The molecule has 0 spiro atoms. The maximum atomic E-state index is 10.9. The van der Waals surface area contributed by atoms with Crippen molar-refractivity contribution < 1.29 is 19.3 Å². The van der Waals surface area contributed by atoms with E-state index in [1.54, 1.807) is 0 Å². The highest BCUT2D eigenvalue weighted by Gasteiger charge is 2.49. The van der Waals surface area contributed by atoms with Crippen LogP contribution in [0.15, 0.2) is 48.8 Å². The van der Waals surface area contributed by atoms with Crippen LogP contribution in [0.25, 0.3) is 0 Å². The van der Waals surface area contributed by atoms with Gasteiger partial charge < -0.3 is 19.3 Å². The molecule has 5 heteroatoms. The summed E-state index contributed by atoms with van der Waals surface area (Å²) < 4.78 is 17.4. The first kappa shape index (κ1) is 17.7. The van der Waals surface area contributed by atoms with E-state index in [0.717, 1.165) is 18.7 Å². The van der Waals surface area contributed by atoms with Crippen molar-refractivity contribution in [3.63, 3.8) is 0 Å². The molecule has 3 aliphatic rings. The second-order valence-corrected chi connectivity index (χ2v) is 7.96. The van der Waals surface area contributed by atoms with Gasteiger partial charge in [0.25, 0.3) is 0 Å². The Morgan fingerprint density at radius 1 is 1.27 bits per heavy atom. The summed E-state index contributed by atoms with van der Waals surface area (Å²) in [7, 11) is 0. The topological polar surface area (TPSA) is 51.2 Å². The fourth-order valence-electron chi connectivity index (χ4n) is 4.24. The van der Waals surface area contributed by atoms with E-state index >= 15 is 0 Å². The molecule has 3 aliphatic heterocycles. The van der Waals surface area contributed by atoms with Crippen LogP contribution in [0.1, 0.15) is 25.0 Å². The third-order valence-electron chi connectivity index (χ3n) is 5.48. The third kappa shape index (κ3) is 3.21. The molecule has 3 heterocycles. The summed E-state index contributed by atoms with van der Waals surface area (Å²) >= 11 is 0. The second kappa shape index (κ2) is 6.50. The average molecular weight is 357 g/mol. The average Bonchev–Trinajstić information content (AvgIpc) is 3.22. The summed E-state index contributed by atoms with van der Waals surface area (Å²) in [5.41, 5.74) is 3.65. The molecule has 4 rings (SSSR count). The maximum Gasteiger partial charge on any atom is 0.163 e. The smallest absolute Gasteiger partial charge is 0.163 e. The lowest BCUT2D eigenvalue weighted by Gasteiger charge is -2.24. The van der Waals surface area contributed by atoms with Crippen molar-refractivity contribution in [2.24, 2.45) is 5.92 Å². The largest absolute Gasteiger partial charge is 0.489 e. The molecule has 4 atom stereocenters. The summed E-state index contributed by atoms with van der Waals surface area (Å²) in [6, 6.07) is 8.48. The Balaban J connectivity index is 1.40. The molecule has 0 radical (unpaired) electrons. The van der Waals surface area contributed by atoms with E-state index in [1.807, 2.05) is 13.8 Å². The highest BCUT2D eigenvalue weighted by molar-refractivity contribution is 5.31. The highest BCUT2D eigenvalue weighted by atomic mass is 16.8. The Labute approximate surface area is 154 Å². The molecular formula is C21H27NO4. The van der Waals surface area contributed by atoms with Gasteiger partial charge in [0.15, 0.2) is 11.9 Å². The predicted octanol–water partition coefficient (Wildman–Crippen LogP) is 2.60. The quantitative estimate of drug-likeness (QED) is 0.840. The number of fused-ring (bicyclic) bond motifs is 1. The number of aliphatic hydroxyl groups is 1. The zero-order valence-corrected chi connectivity index (χ0v) is 15.5. The molecular weight excluding hydrogens is 330 g/mol. The molecule has 5 nitrogen and oxygen atoms in total. The van der Waals surface area contributed by atoms with Crippen LogP contribution in [0.2, 0.25) is 0 Å². The zero-order chi connectivity index (χ0) is 18.5. The van der Waals surface area contributed by atoms with Crippen molar-refractivity contribution in [2.75, 3.05) is 13.2 Å². The minimum Gasteiger partial charge on any atom is -0.489 e. The van der Waals surface area contributed by atoms with Crippen LogP contribution in [0.3, 0.4) is 0 Å². The number of aliphatic hydroxyl groups excluding tert-OH is 1. The van der Waals surface area contributed by atoms with Gasteiger partial charge in [-0.05, 0) is 25.0 Å². The molecule has 26 heavy (non-hydrogen) atoms. The van der Waals surface area contributed by atoms with Crippen molar-refractivity contribution in [2.45, 2.75) is 51.0 Å². The summed E-state index contributed by atoms with van der Waals surface area (Å²) in [5.74, 6) is -0.362. The molecule has 2 saturated heterocycles. The van der Waals surface area contributed by atoms with Gasteiger partial charge in [0.1, 0.15) is 12.2 Å². The van der Waals surface area contributed by atoms with E-state index in [1.165, 1.54) is 11.1 Å². The standard InChI is InChI=1S/C21H27NO4/c1-13(9-22-10-15-7-5-6-8-16(15)11-22)18-14(2)25-20(19(18)23)17-12-24-21(3,4)26-17/h5-8,17-20,23H,1-2,9-12H2,3-4H3/t17-,18+,19-,20-/m1/s1.